The fraction of sp³-hybridized carbons (Fsp3) is 0.556. The van der Waals surface area contributed by atoms with E-state index < -0.39 is 0 Å². The molecule has 2 fully saturated rings. The van der Waals surface area contributed by atoms with E-state index >= 15 is 0 Å². The molecule has 118 valence electrons. The summed E-state index contributed by atoms with van der Waals surface area (Å²) < 4.78 is 0. The van der Waals surface area contributed by atoms with Crippen molar-refractivity contribution in [2.24, 2.45) is 0 Å². The van der Waals surface area contributed by atoms with Crippen molar-refractivity contribution in [3.8, 4) is 0 Å². The topological polar surface area (TPSA) is 40.6 Å². The van der Waals surface area contributed by atoms with E-state index in [4.69, 9.17) is 0 Å². The largest absolute Gasteiger partial charge is 0.334 e. The van der Waals surface area contributed by atoms with E-state index in [0.717, 1.165) is 25.9 Å². The Morgan fingerprint density at radius 1 is 1.00 bits per heavy atom. The normalized spacial score (nSPS) is 22.2. The third-order valence-corrected chi connectivity index (χ3v) is 4.84. The van der Waals surface area contributed by atoms with E-state index in [1.807, 2.05) is 4.90 Å². The fourth-order valence-electron chi connectivity index (χ4n) is 3.57. The molecule has 1 aromatic rings. The molecule has 0 radical (unpaired) electrons. The molecule has 0 N–H and O–H groups in total. The van der Waals surface area contributed by atoms with Crippen LogP contribution in [0.2, 0.25) is 0 Å². The second-order valence-corrected chi connectivity index (χ2v) is 6.44. The standard InChI is InChI=1S/C18H24N2O2/c1-14(21)15-6-8-16(9-7-15)18(22)20-12-4-5-17(20)13-19-10-2-3-11-19/h6-9,17H,2-5,10-13H2,1H3. The highest BCUT2D eigenvalue weighted by Crippen LogP contribution is 2.22. The number of hydrogen-bond acceptors (Lipinski definition) is 3. The van der Waals surface area contributed by atoms with Gasteiger partial charge >= 0.3 is 0 Å². The summed E-state index contributed by atoms with van der Waals surface area (Å²) in [6.45, 7) is 5.75. The third-order valence-electron chi connectivity index (χ3n) is 4.84. The monoisotopic (exact) mass is 300 g/mol. The SMILES string of the molecule is CC(=O)c1ccc(C(=O)N2CCCC2CN2CCCC2)cc1. The zero-order chi connectivity index (χ0) is 15.5. The number of carbonyl (C=O) groups excluding carboxylic acids is 2. The molecule has 2 aliphatic heterocycles. The molecule has 2 saturated heterocycles. The van der Waals surface area contributed by atoms with Gasteiger partial charge < -0.3 is 9.80 Å². The molecule has 4 nitrogen and oxygen atoms in total. The molecule has 4 heteroatoms. The van der Waals surface area contributed by atoms with Crippen LogP contribution in [0.3, 0.4) is 0 Å². The molecule has 2 aliphatic rings. The Morgan fingerprint density at radius 3 is 2.27 bits per heavy atom. The van der Waals surface area contributed by atoms with E-state index in [-0.39, 0.29) is 11.7 Å². The molecule has 1 amide bonds. The zero-order valence-electron chi connectivity index (χ0n) is 13.3. The molecule has 1 atom stereocenters. The van der Waals surface area contributed by atoms with Crippen molar-refractivity contribution in [3.05, 3.63) is 35.4 Å². The van der Waals surface area contributed by atoms with Gasteiger partial charge in [-0.15, -0.1) is 0 Å². The number of nitrogens with zero attached hydrogens (tertiary/aromatic N) is 2. The van der Waals surface area contributed by atoms with Crippen LogP contribution in [0.4, 0.5) is 0 Å². The van der Waals surface area contributed by atoms with Crippen LogP contribution in [0.5, 0.6) is 0 Å². The van der Waals surface area contributed by atoms with Gasteiger partial charge in [0.2, 0.25) is 0 Å². The number of amides is 1. The lowest BCUT2D eigenvalue weighted by molar-refractivity contribution is 0.0708. The van der Waals surface area contributed by atoms with Gasteiger partial charge in [-0.05, 0) is 57.8 Å². The van der Waals surface area contributed by atoms with Crippen LogP contribution in [0, 0.1) is 0 Å². The van der Waals surface area contributed by atoms with Gasteiger partial charge in [0.1, 0.15) is 0 Å². The minimum atomic E-state index is 0.0343. The maximum absolute atomic E-state index is 12.7. The minimum Gasteiger partial charge on any atom is -0.334 e. The van der Waals surface area contributed by atoms with Gasteiger partial charge in [0, 0.05) is 30.3 Å². The first-order chi connectivity index (χ1) is 10.6. The van der Waals surface area contributed by atoms with Crippen molar-refractivity contribution in [1.29, 1.82) is 0 Å². The lowest BCUT2D eigenvalue weighted by Crippen LogP contribution is -2.42. The van der Waals surface area contributed by atoms with Crippen LogP contribution >= 0.6 is 0 Å². The van der Waals surface area contributed by atoms with Gasteiger partial charge in [0.05, 0.1) is 0 Å². The number of Topliss-reactive ketones (excluding diaryl/α,β-unsaturated/α-hetero) is 1. The summed E-state index contributed by atoms with van der Waals surface area (Å²) >= 11 is 0. The van der Waals surface area contributed by atoms with Gasteiger partial charge in [-0.1, -0.05) is 12.1 Å². The number of ketones is 1. The van der Waals surface area contributed by atoms with Crippen molar-refractivity contribution in [2.45, 2.75) is 38.6 Å². The van der Waals surface area contributed by atoms with Gasteiger partial charge in [-0.3, -0.25) is 9.59 Å². The van der Waals surface area contributed by atoms with Crippen molar-refractivity contribution >= 4 is 11.7 Å². The summed E-state index contributed by atoms with van der Waals surface area (Å²) in [6.07, 6.45) is 4.77. The second-order valence-electron chi connectivity index (χ2n) is 6.44. The fourth-order valence-corrected chi connectivity index (χ4v) is 3.57. The molecule has 0 spiro atoms. The molecular weight excluding hydrogens is 276 g/mol. The highest BCUT2D eigenvalue weighted by Gasteiger charge is 2.31. The number of hydrogen-bond donors (Lipinski definition) is 0. The van der Waals surface area contributed by atoms with Crippen LogP contribution < -0.4 is 0 Å². The number of rotatable bonds is 4. The Balaban J connectivity index is 1.68. The lowest BCUT2D eigenvalue weighted by Gasteiger charge is -2.28. The number of likely N-dealkylation sites (tertiary alicyclic amines) is 2. The summed E-state index contributed by atoms with van der Waals surface area (Å²) in [7, 11) is 0. The minimum absolute atomic E-state index is 0.0343. The van der Waals surface area contributed by atoms with Crippen LogP contribution in [0.25, 0.3) is 0 Å². The quantitative estimate of drug-likeness (QED) is 0.803. The van der Waals surface area contributed by atoms with Crippen molar-refractivity contribution in [2.75, 3.05) is 26.2 Å². The van der Waals surface area contributed by atoms with Crippen LogP contribution in [-0.4, -0.2) is 53.7 Å². The van der Waals surface area contributed by atoms with Crippen molar-refractivity contribution in [1.82, 2.24) is 9.80 Å². The van der Waals surface area contributed by atoms with Gasteiger partial charge in [0.25, 0.3) is 5.91 Å². The summed E-state index contributed by atoms with van der Waals surface area (Å²) in [6, 6.07) is 7.41. The predicted molar refractivity (Wildman–Crippen MR) is 86.2 cm³/mol. The average molecular weight is 300 g/mol. The lowest BCUT2D eigenvalue weighted by atomic mass is 10.1. The molecule has 1 unspecified atom stereocenters. The smallest absolute Gasteiger partial charge is 0.254 e. The molecule has 22 heavy (non-hydrogen) atoms. The molecule has 3 rings (SSSR count). The van der Waals surface area contributed by atoms with Crippen molar-refractivity contribution in [3.63, 3.8) is 0 Å². The summed E-state index contributed by atoms with van der Waals surface area (Å²) in [4.78, 5) is 28.6. The van der Waals surface area contributed by atoms with E-state index in [0.29, 0.717) is 17.2 Å². The zero-order valence-corrected chi connectivity index (χ0v) is 13.3. The first-order valence-corrected chi connectivity index (χ1v) is 8.29. The molecule has 1 aromatic carbocycles. The van der Waals surface area contributed by atoms with E-state index in [1.165, 1.54) is 25.9 Å². The van der Waals surface area contributed by atoms with Gasteiger partial charge in [-0.2, -0.15) is 0 Å². The maximum Gasteiger partial charge on any atom is 0.254 e. The van der Waals surface area contributed by atoms with Crippen LogP contribution in [0.15, 0.2) is 24.3 Å². The first-order valence-electron chi connectivity index (χ1n) is 8.29. The molecule has 2 heterocycles. The summed E-state index contributed by atoms with van der Waals surface area (Å²) in [5.74, 6) is 0.142. The Labute approximate surface area is 132 Å². The van der Waals surface area contributed by atoms with E-state index in [9.17, 15) is 9.59 Å². The van der Waals surface area contributed by atoms with E-state index in [1.54, 1.807) is 31.2 Å². The Bertz CT molecular complexity index is 547. The maximum atomic E-state index is 12.7. The molecule has 0 aliphatic carbocycles. The molecule has 0 saturated carbocycles. The molecule has 0 aromatic heterocycles. The predicted octanol–water partition coefficient (Wildman–Crippen LogP) is 2.59. The second kappa shape index (κ2) is 6.61. The molecular formula is C18H24N2O2. The van der Waals surface area contributed by atoms with E-state index in [2.05, 4.69) is 4.90 Å². The van der Waals surface area contributed by atoms with Crippen LogP contribution in [0.1, 0.15) is 53.3 Å². The Morgan fingerprint density at radius 2 is 1.64 bits per heavy atom. The summed E-state index contributed by atoms with van der Waals surface area (Å²) in [5, 5.41) is 0. The first kappa shape index (κ1) is 15.2. The Kier molecular flexibility index (Phi) is 4.57. The van der Waals surface area contributed by atoms with Crippen molar-refractivity contribution < 1.29 is 9.59 Å². The van der Waals surface area contributed by atoms with Gasteiger partial charge in [-0.25, -0.2) is 0 Å². The molecule has 0 bridgehead atoms. The average Bonchev–Trinajstić information content (AvgIpc) is 3.19. The van der Waals surface area contributed by atoms with Crippen LogP contribution in [-0.2, 0) is 0 Å². The summed E-state index contributed by atoms with van der Waals surface area (Å²) in [5.41, 5.74) is 1.35. The highest BCUT2D eigenvalue weighted by molar-refractivity contribution is 5.97. The van der Waals surface area contributed by atoms with Gasteiger partial charge in [0.15, 0.2) is 5.78 Å². The Hall–Kier alpha value is -1.68. The number of carbonyl (C=O) groups is 2. The third kappa shape index (κ3) is 3.22. The highest BCUT2D eigenvalue weighted by atomic mass is 16.2. The number of benzene rings is 1.